The average molecular weight is 510 g/mol. The van der Waals surface area contributed by atoms with Gasteiger partial charge in [-0.05, 0) is 51.6 Å². The summed E-state index contributed by atoms with van der Waals surface area (Å²) in [5, 5.41) is 4.52. The van der Waals surface area contributed by atoms with E-state index in [2.05, 4.69) is 5.32 Å². The summed E-state index contributed by atoms with van der Waals surface area (Å²) in [6.07, 6.45) is 1.09. The number of nitrogens with zero attached hydrogens (tertiary/aromatic N) is 2. The van der Waals surface area contributed by atoms with Gasteiger partial charge in [0.25, 0.3) is 0 Å². The Morgan fingerprint density at radius 2 is 1.61 bits per heavy atom. The number of rotatable bonds is 8. The predicted octanol–water partition coefficient (Wildman–Crippen LogP) is 4.25. The molecule has 2 amide bonds. The number of anilines is 1. The van der Waals surface area contributed by atoms with Crippen LogP contribution in [0.2, 0.25) is 0 Å². The Kier molecular flexibility index (Phi) is 8.09. The van der Waals surface area contributed by atoms with Crippen LogP contribution in [0, 0.1) is 6.92 Å². The lowest BCUT2D eigenvalue weighted by molar-refractivity contribution is -0.140. The van der Waals surface area contributed by atoms with Gasteiger partial charge < -0.3 is 10.2 Å². The number of benzene rings is 3. The highest BCUT2D eigenvalue weighted by molar-refractivity contribution is 7.92. The predicted molar refractivity (Wildman–Crippen MR) is 145 cm³/mol. The number of hydrogen-bond donors (Lipinski definition) is 1. The van der Waals surface area contributed by atoms with E-state index in [1.54, 1.807) is 19.1 Å². The van der Waals surface area contributed by atoms with Crippen LogP contribution in [0.1, 0.15) is 38.8 Å². The fourth-order valence-corrected chi connectivity index (χ4v) is 4.95. The van der Waals surface area contributed by atoms with Crippen LogP contribution in [-0.4, -0.2) is 49.5 Å². The number of amides is 2. The molecule has 0 aliphatic rings. The standard InChI is InChI=1S/C28H35N3O4S/c1-20-11-9-12-22(17-20)18-30(21(2)27(33)29-28(3,4)5)26(32)19-31(36(6,34)35)25-16-10-14-23-13-7-8-15-24(23)25/h7-17,21H,18-19H2,1-6H3,(H,29,33)/t21-/m0/s1. The average Bonchev–Trinajstić information content (AvgIpc) is 2.78. The van der Waals surface area contributed by atoms with E-state index in [-0.39, 0.29) is 12.5 Å². The summed E-state index contributed by atoms with van der Waals surface area (Å²) in [7, 11) is -3.81. The van der Waals surface area contributed by atoms with Crippen LogP contribution >= 0.6 is 0 Å². The van der Waals surface area contributed by atoms with Crippen LogP contribution in [0.5, 0.6) is 0 Å². The second kappa shape index (κ2) is 10.7. The smallest absolute Gasteiger partial charge is 0.244 e. The second-order valence-corrected chi connectivity index (χ2v) is 12.1. The van der Waals surface area contributed by atoms with Crippen molar-refractivity contribution in [1.29, 1.82) is 0 Å². The van der Waals surface area contributed by atoms with Gasteiger partial charge in [0.05, 0.1) is 11.9 Å². The lowest BCUT2D eigenvalue weighted by Gasteiger charge is -2.33. The Balaban J connectivity index is 2.00. The maximum atomic E-state index is 13.8. The molecule has 1 N–H and O–H groups in total. The third-order valence-corrected chi connectivity index (χ3v) is 6.94. The molecule has 0 fully saturated rings. The molecule has 36 heavy (non-hydrogen) atoms. The van der Waals surface area contributed by atoms with Gasteiger partial charge in [-0.1, -0.05) is 66.2 Å². The van der Waals surface area contributed by atoms with Crippen LogP contribution in [0.4, 0.5) is 5.69 Å². The number of nitrogens with one attached hydrogen (secondary N) is 1. The molecule has 0 saturated heterocycles. The Bertz CT molecular complexity index is 1360. The molecule has 0 aliphatic heterocycles. The zero-order valence-electron chi connectivity index (χ0n) is 21.8. The minimum atomic E-state index is -3.81. The molecule has 0 bridgehead atoms. The molecule has 3 aromatic carbocycles. The first kappa shape index (κ1) is 27.2. The highest BCUT2D eigenvalue weighted by Gasteiger charge is 2.31. The van der Waals surface area contributed by atoms with Crippen molar-refractivity contribution in [2.45, 2.75) is 52.7 Å². The first-order chi connectivity index (χ1) is 16.8. The third-order valence-electron chi connectivity index (χ3n) is 5.82. The van der Waals surface area contributed by atoms with Gasteiger partial charge in [-0.25, -0.2) is 8.42 Å². The second-order valence-electron chi connectivity index (χ2n) is 10.2. The molecular weight excluding hydrogens is 474 g/mol. The Morgan fingerprint density at radius 3 is 2.25 bits per heavy atom. The summed E-state index contributed by atoms with van der Waals surface area (Å²) in [5.41, 5.74) is 1.83. The van der Waals surface area contributed by atoms with Gasteiger partial charge in [-0.15, -0.1) is 0 Å². The Morgan fingerprint density at radius 1 is 0.972 bits per heavy atom. The third kappa shape index (κ3) is 6.85. The zero-order valence-corrected chi connectivity index (χ0v) is 22.6. The van der Waals surface area contributed by atoms with Crippen molar-refractivity contribution < 1.29 is 18.0 Å². The van der Waals surface area contributed by atoms with Gasteiger partial charge in [0.2, 0.25) is 21.8 Å². The van der Waals surface area contributed by atoms with E-state index >= 15 is 0 Å². The lowest BCUT2D eigenvalue weighted by Crippen LogP contribution is -2.54. The molecule has 7 nitrogen and oxygen atoms in total. The van der Waals surface area contributed by atoms with Gasteiger partial charge >= 0.3 is 0 Å². The number of aryl methyl sites for hydroxylation is 1. The maximum Gasteiger partial charge on any atom is 0.244 e. The van der Waals surface area contributed by atoms with Crippen LogP contribution < -0.4 is 9.62 Å². The highest BCUT2D eigenvalue weighted by atomic mass is 32.2. The minimum Gasteiger partial charge on any atom is -0.350 e. The van der Waals surface area contributed by atoms with Crippen LogP contribution in [0.25, 0.3) is 10.8 Å². The molecule has 8 heteroatoms. The lowest BCUT2D eigenvalue weighted by atomic mass is 10.1. The van der Waals surface area contributed by atoms with Crippen molar-refractivity contribution in [2.24, 2.45) is 0 Å². The molecule has 0 aliphatic carbocycles. The molecule has 0 radical (unpaired) electrons. The van der Waals surface area contributed by atoms with Crippen molar-refractivity contribution in [1.82, 2.24) is 10.2 Å². The van der Waals surface area contributed by atoms with E-state index in [0.717, 1.165) is 32.5 Å². The number of fused-ring (bicyclic) bond motifs is 1. The van der Waals surface area contributed by atoms with Crippen molar-refractivity contribution >= 4 is 38.3 Å². The summed E-state index contributed by atoms with van der Waals surface area (Å²) in [6, 6.07) is 19.7. The van der Waals surface area contributed by atoms with E-state index < -0.39 is 34.1 Å². The van der Waals surface area contributed by atoms with Crippen LogP contribution in [-0.2, 0) is 26.2 Å². The summed E-state index contributed by atoms with van der Waals surface area (Å²) in [5.74, 6) is -0.772. The van der Waals surface area contributed by atoms with E-state index in [1.165, 1.54) is 4.90 Å². The molecule has 192 valence electrons. The first-order valence-electron chi connectivity index (χ1n) is 11.9. The van der Waals surface area contributed by atoms with E-state index in [9.17, 15) is 18.0 Å². The van der Waals surface area contributed by atoms with Gasteiger partial charge in [0, 0.05) is 17.5 Å². The quantitative estimate of drug-likeness (QED) is 0.492. The highest BCUT2D eigenvalue weighted by Crippen LogP contribution is 2.28. The van der Waals surface area contributed by atoms with Crippen LogP contribution in [0.15, 0.2) is 66.7 Å². The first-order valence-corrected chi connectivity index (χ1v) is 13.7. The van der Waals surface area contributed by atoms with E-state index in [1.807, 2.05) is 82.3 Å². The van der Waals surface area contributed by atoms with E-state index in [4.69, 9.17) is 0 Å². The zero-order chi connectivity index (χ0) is 26.7. The van der Waals surface area contributed by atoms with Crippen molar-refractivity contribution in [3.63, 3.8) is 0 Å². The number of sulfonamides is 1. The largest absolute Gasteiger partial charge is 0.350 e. The summed E-state index contributed by atoms with van der Waals surface area (Å²) in [4.78, 5) is 28.2. The summed E-state index contributed by atoms with van der Waals surface area (Å²) < 4.78 is 26.9. The Labute approximate surface area is 214 Å². The van der Waals surface area contributed by atoms with Gasteiger partial charge in [-0.3, -0.25) is 13.9 Å². The molecule has 0 aromatic heterocycles. The van der Waals surface area contributed by atoms with Crippen molar-refractivity contribution in [2.75, 3.05) is 17.1 Å². The molecule has 0 heterocycles. The maximum absolute atomic E-state index is 13.8. The van der Waals surface area contributed by atoms with E-state index in [0.29, 0.717) is 5.69 Å². The molecular formula is C28H35N3O4S. The number of carbonyl (C=O) groups excluding carboxylic acids is 2. The van der Waals surface area contributed by atoms with Gasteiger partial charge in [0.15, 0.2) is 0 Å². The van der Waals surface area contributed by atoms with Crippen LogP contribution in [0.3, 0.4) is 0 Å². The van der Waals surface area contributed by atoms with Gasteiger partial charge in [0.1, 0.15) is 12.6 Å². The van der Waals surface area contributed by atoms with Gasteiger partial charge in [-0.2, -0.15) is 0 Å². The molecule has 3 aromatic rings. The monoisotopic (exact) mass is 509 g/mol. The molecule has 3 rings (SSSR count). The molecule has 0 spiro atoms. The van der Waals surface area contributed by atoms with Crippen molar-refractivity contribution in [3.05, 3.63) is 77.9 Å². The molecule has 0 unspecified atom stereocenters. The number of carbonyl (C=O) groups is 2. The number of hydrogen-bond acceptors (Lipinski definition) is 4. The van der Waals surface area contributed by atoms with Crippen molar-refractivity contribution in [3.8, 4) is 0 Å². The minimum absolute atomic E-state index is 0.173. The normalized spacial score (nSPS) is 12.7. The molecule has 0 saturated carbocycles. The molecule has 1 atom stereocenters. The topological polar surface area (TPSA) is 86.8 Å². The summed E-state index contributed by atoms with van der Waals surface area (Å²) >= 11 is 0. The summed E-state index contributed by atoms with van der Waals surface area (Å²) in [6.45, 7) is 8.98. The Hall–Kier alpha value is -3.39. The fraction of sp³-hybridized carbons (Fsp3) is 0.357. The SMILES string of the molecule is Cc1cccc(CN(C(=O)CN(c2cccc3ccccc23)S(C)(=O)=O)[C@@H](C)C(=O)NC(C)(C)C)c1. The fourth-order valence-electron chi connectivity index (χ4n) is 4.08.